The van der Waals surface area contributed by atoms with Crippen LogP contribution in [0.1, 0.15) is 30.5 Å². The zero-order valence-corrected chi connectivity index (χ0v) is 15.5. The second-order valence-electron chi connectivity index (χ2n) is 5.98. The molecule has 134 valence electrons. The van der Waals surface area contributed by atoms with Gasteiger partial charge in [0.1, 0.15) is 5.75 Å². The molecule has 2 aromatic carbocycles. The Morgan fingerprint density at radius 1 is 1.08 bits per heavy atom. The highest BCUT2D eigenvalue weighted by Crippen LogP contribution is 2.17. The summed E-state index contributed by atoms with van der Waals surface area (Å²) < 4.78 is 28.1. The van der Waals surface area contributed by atoms with Crippen molar-refractivity contribution in [3.8, 4) is 5.75 Å². The number of sulfone groups is 1. The van der Waals surface area contributed by atoms with Gasteiger partial charge in [0.2, 0.25) is 5.91 Å². The average Bonchev–Trinajstić information content (AvgIpc) is 2.59. The lowest BCUT2D eigenvalue weighted by Gasteiger charge is -2.15. The molecule has 6 heteroatoms. The zero-order chi connectivity index (χ0) is 18.4. The van der Waals surface area contributed by atoms with E-state index >= 15 is 0 Å². The Labute approximate surface area is 148 Å². The highest BCUT2D eigenvalue weighted by molar-refractivity contribution is 7.90. The van der Waals surface area contributed by atoms with E-state index in [1.165, 1.54) is 6.26 Å². The number of carbonyl (C=O) groups is 1. The minimum absolute atomic E-state index is 0.0458. The van der Waals surface area contributed by atoms with Crippen LogP contribution in [0.5, 0.6) is 5.75 Å². The summed E-state index contributed by atoms with van der Waals surface area (Å²) in [6.07, 6.45) is 2.21. The Balaban J connectivity index is 1.88. The maximum absolute atomic E-state index is 12.1. The molecule has 0 saturated carbocycles. The maximum Gasteiger partial charge on any atom is 0.220 e. The predicted octanol–water partition coefficient (Wildman–Crippen LogP) is 2.91. The zero-order valence-electron chi connectivity index (χ0n) is 14.7. The molecule has 0 fully saturated rings. The predicted molar refractivity (Wildman–Crippen MR) is 97.4 cm³/mol. The number of hydrogen-bond acceptors (Lipinski definition) is 4. The fourth-order valence-electron chi connectivity index (χ4n) is 2.45. The number of methoxy groups -OCH3 is 1. The van der Waals surface area contributed by atoms with Crippen molar-refractivity contribution in [3.05, 3.63) is 59.7 Å². The normalized spacial score (nSPS) is 12.4. The molecule has 2 aromatic rings. The highest BCUT2D eigenvalue weighted by Gasteiger charge is 2.12. The summed E-state index contributed by atoms with van der Waals surface area (Å²) in [5.41, 5.74) is 1.94. The molecule has 0 spiro atoms. The van der Waals surface area contributed by atoms with Gasteiger partial charge in [-0.1, -0.05) is 24.3 Å². The Morgan fingerprint density at radius 2 is 1.68 bits per heavy atom. The smallest absolute Gasteiger partial charge is 0.220 e. The standard InChI is InChI=1S/C19H23NO4S/c1-14(16-7-11-18(12-8-16)25(3,22)23)20-19(21)13-6-15-4-9-17(24-2)10-5-15/h4-5,7-12,14H,6,13H2,1-3H3,(H,20,21). The number of nitrogens with one attached hydrogen (secondary N) is 1. The summed E-state index contributed by atoms with van der Waals surface area (Å²) in [6.45, 7) is 1.88. The molecule has 0 saturated heterocycles. The lowest BCUT2D eigenvalue weighted by molar-refractivity contribution is -0.121. The van der Waals surface area contributed by atoms with Gasteiger partial charge in [-0.15, -0.1) is 0 Å². The quantitative estimate of drug-likeness (QED) is 0.823. The van der Waals surface area contributed by atoms with Crippen LogP contribution in [0.25, 0.3) is 0 Å². The van der Waals surface area contributed by atoms with Gasteiger partial charge in [0, 0.05) is 12.7 Å². The van der Waals surface area contributed by atoms with Crippen molar-refractivity contribution < 1.29 is 17.9 Å². The Morgan fingerprint density at radius 3 is 2.20 bits per heavy atom. The third-order valence-electron chi connectivity index (χ3n) is 3.99. The minimum Gasteiger partial charge on any atom is -0.497 e. The van der Waals surface area contributed by atoms with E-state index in [4.69, 9.17) is 4.74 Å². The number of hydrogen-bond donors (Lipinski definition) is 1. The summed E-state index contributed by atoms with van der Waals surface area (Å²) in [6, 6.07) is 14.0. The molecule has 0 aliphatic heterocycles. The Bertz CT molecular complexity index is 812. The molecule has 25 heavy (non-hydrogen) atoms. The van der Waals surface area contributed by atoms with Crippen molar-refractivity contribution in [2.75, 3.05) is 13.4 Å². The van der Waals surface area contributed by atoms with Gasteiger partial charge in [-0.05, 0) is 48.7 Å². The SMILES string of the molecule is COc1ccc(CCC(=O)NC(C)c2ccc(S(C)(=O)=O)cc2)cc1. The van der Waals surface area contributed by atoms with E-state index < -0.39 is 9.84 Å². The molecule has 0 radical (unpaired) electrons. The first-order chi connectivity index (χ1) is 11.8. The number of aryl methyl sites for hydroxylation is 1. The van der Waals surface area contributed by atoms with E-state index in [9.17, 15) is 13.2 Å². The lowest BCUT2D eigenvalue weighted by Crippen LogP contribution is -2.26. The fourth-order valence-corrected chi connectivity index (χ4v) is 3.08. The van der Waals surface area contributed by atoms with E-state index in [2.05, 4.69) is 5.32 Å². The van der Waals surface area contributed by atoms with Crippen LogP contribution in [0.2, 0.25) is 0 Å². The molecule has 2 rings (SSSR count). The van der Waals surface area contributed by atoms with Crippen LogP contribution >= 0.6 is 0 Å². The van der Waals surface area contributed by atoms with Crippen LogP contribution in [0, 0.1) is 0 Å². The van der Waals surface area contributed by atoms with Gasteiger partial charge < -0.3 is 10.1 Å². The highest BCUT2D eigenvalue weighted by atomic mass is 32.2. The molecule has 0 aliphatic carbocycles. The lowest BCUT2D eigenvalue weighted by atomic mass is 10.1. The monoisotopic (exact) mass is 361 g/mol. The summed E-state index contributed by atoms with van der Waals surface area (Å²) >= 11 is 0. The van der Waals surface area contributed by atoms with E-state index in [1.807, 2.05) is 31.2 Å². The van der Waals surface area contributed by atoms with E-state index in [-0.39, 0.29) is 16.8 Å². The summed E-state index contributed by atoms with van der Waals surface area (Å²) in [4.78, 5) is 12.4. The third kappa shape index (κ3) is 5.60. The van der Waals surface area contributed by atoms with Crippen LogP contribution in [0.3, 0.4) is 0 Å². The Hall–Kier alpha value is -2.34. The number of ether oxygens (including phenoxy) is 1. The van der Waals surface area contributed by atoms with Crippen LogP contribution in [0.15, 0.2) is 53.4 Å². The molecule has 1 amide bonds. The summed E-state index contributed by atoms with van der Waals surface area (Å²) in [5.74, 6) is 0.745. The van der Waals surface area contributed by atoms with Crippen molar-refractivity contribution in [2.45, 2.75) is 30.7 Å². The van der Waals surface area contributed by atoms with Gasteiger partial charge in [0.25, 0.3) is 0 Å². The molecular formula is C19H23NO4S. The molecular weight excluding hydrogens is 338 g/mol. The maximum atomic E-state index is 12.1. The first kappa shape index (κ1) is 19.0. The van der Waals surface area contributed by atoms with Gasteiger partial charge in [0.05, 0.1) is 18.0 Å². The molecule has 0 aromatic heterocycles. The molecule has 0 aliphatic rings. The number of rotatable bonds is 7. The minimum atomic E-state index is -3.21. The van der Waals surface area contributed by atoms with Crippen LogP contribution in [-0.2, 0) is 21.1 Å². The average molecular weight is 361 g/mol. The van der Waals surface area contributed by atoms with Crippen LogP contribution in [0.4, 0.5) is 0 Å². The molecule has 1 atom stereocenters. The second kappa shape index (κ2) is 8.16. The number of carbonyl (C=O) groups excluding carboxylic acids is 1. The van der Waals surface area contributed by atoms with Crippen molar-refractivity contribution >= 4 is 15.7 Å². The van der Waals surface area contributed by atoms with Crippen molar-refractivity contribution in [2.24, 2.45) is 0 Å². The topological polar surface area (TPSA) is 72.5 Å². The molecule has 1 unspecified atom stereocenters. The summed E-state index contributed by atoms with van der Waals surface area (Å²) in [7, 11) is -1.59. The van der Waals surface area contributed by atoms with E-state index in [0.717, 1.165) is 16.9 Å². The van der Waals surface area contributed by atoms with Gasteiger partial charge in [-0.2, -0.15) is 0 Å². The molecule has 1 N–H and O–H groups in total. The van der Waals surface area contributed by atoms with Crippen LogP contribution < -0.4 is 10.1 Å². The van der Waals surface area contributed by atoms with Gasteiger partial charge >= 0.3 is 0 Å². The van der Waals surface area contributed by atoms with Crippen LogP contribution in [-0.4, -0.2) is 27.7 Å². The number of benzene rings is 2. The fraction of sp³-hybridized carbons (Fsp3) is 0.316. The van der Waals surface area contributed by atoms with Gasteiger partial charge in [-0.25, -0.2) is 8.42 Å². The Kier molecular flexibility index (Phi) is 6.20. The van der Waals surface area contributed by atoms with Crippen molar-refractivity contribution in [1.82, 2.24) is 5.32 Å². The van der Waals surface area contributed by atoms with Gasteiger partial charge in [0.15, 0.2) is 9.84 Å². The first-order valence-corrected chi connectivity index (χ1v) is 9.91. The van der Waals surface area contributed by atoms with E-state index in [0.29, 0.717) is 12.8 Å². The molecule has 0 bridgehead atoms. The molecule has 0 heterocycles. The number of amides is 1. The second-order valence-corrected chi connectivity index (χ2v) is 7.99. The summed E-state index contributed by atoms with van der Waals surface area (Å²) in [5, 5.41) is 2.93. The third-order valence-corrected chi connectivity index (χ3v) is 5.11. The first-order valence-electron chi connectivity index (χ1n) is 8.02. The largest absolute Gasteiger partial charge is 0.497 e. The van der Waals surface area contributed by atoms with Gasteiger partial charge in [-0.3, -0.25) is 4.79 Å². The van der Waals surface area contributed by atoms with E-state index in [1.54, 1.807) is 31.4 Å². The molecule has 5 nitrogen and oxygen atoms in total. The van der Waals surface area contributed by atoms with Crippen molar-refractivity contribution in [3.63, 3.8) is 0 Å². The van der Waals surface area contributed by atoms with Crippen molar-refractivity contribution in [1.29, 1.82) is 0 Å².